The van der Waals surface area contributed by atoms with Crippen LogP contribution in [0.25, 0.3) is 16.6 Å². The lowest BCUT2D eigenvalue weighted by Crippen LogP contribution is -2.54. The van der Waals surface area contributed by atoms with Gasteiger partial charge in [0.2, 0.25) is 0 Å². The first-order valence-electron chi connectivity index (χ1n) is 15.1. The summed E-state index contributed by atoms with van der Waals surface area (Å²) in [6.45, 7) is 6.70. The molecule has 0 spiro atoms. The number of nitrogens with zero attached hydrogens (tertiary/aromatic N) is 7. The summed E-state index contributed by atoms with van der Waals surface area (Å²) >= 11 is 0. The molecular weight excluding hydrogens is 542 g/mol. The summed E-state index contributed by atoms with van der Waals surface area (Å²) in [5.74, 6) is 1.17. The summed E-state index contributed by atoms with van der Waals surface area (Å²) in [4.78, 5) is 25.2. The first-order chi connectivity index (χ1) is 20.8. The fourth-order valence-electron chi connectivity index (χ4n) is 6.05. The molecule has 0 unspecified atom stereocenters. The maximum Gasteiger partial charge on any atom is 0.185 e. The van der Waals surface area contributed by atoms with Crippen molar-refractivity contribution in [2.45, 2.75) is 38.6 Å². The molecule has 0 radical (unpaired) electrons. The van der Waals surface area contributed by atoms with Crippen LogP contribution in [0.1, 0.15) is 51.9 Å². The molecule has 1 aromatic carbocycles. The average molecular weight is 580 g/mol. The highest BCUT2D eigenvalue weighted by Gasteiger charge is 2.31. The monoisotopic (exact) mass is 579 g/mol. The second-order valence-corrected chi connectivity index (χ2v) is 12.2. The van der Waals surface area contributed by atoms with Crippen molar-refractivity contribution in [1.82, 2.24) is 29.0 Å². The van der Waals surface area contributed by atoms with Gasteiger partial charge in [-0.1, -0.05) is 18.2 Å². The average Bonchev–Trinajstić information content (AvgIpc) is 3.64. The number of piperazine rings is 1. The molecule has 5 aromatic rings. The van der Waals surface area contributed by atoms with Crippen LogP contribution in [0, 0.1) is 12.1 Å². The van der Waals surface area contributed by atoms with E-state index < -0.39 is 0 Å². The van der Waals surface area contributed by atoms with E-state index in [4.69, 9.17) is 9.84 Å². The lowest BCUT2D eigenvalue weighted by atomic mass is 10.00. The Hall–Kier alpha value is -4.12. The van der Waals surface area contributed by atoms with Gasteiger partial charge in [0, 0.05) is 55.3 Å². The van der Waals surface area contributed by atoms with Crippen molar-refractivity contribution in [2.24, 2.45) is 0 Å². The molecule has 2 fully saturated rings. The number of aromatic nitrogens is 5. The number of ether oxygens (including phenoxy) is 1. The van der Waals surface area contributed by atoms with Crippen LogP contribution in [0.3, 0.4) is 0 Å². The molecule has 10 heteroatoms. The third-order valence-electron chi connectivity index (χ3n) is 8.69. The van der Waals surface area contributed by atoms with Crippen molar-refractivity contribution in [2.75, 3.05) is 46.4 Å². The van der Waals surface area contributed by atoms with Crippen LogP contribution in [-0.2, 0) is 13.0 Å². The Morgan fingerprint density at radius 1 is 1.12 bits per heavy atom. The maximum absolute atomic E-state index is 13.7. The van der Waals surface area contributed by atoms with Crippen LogP contribution in [0.4, 0.5) is 0 Å². The SMILES string of the molecule is Cc1cccc(Cn2nc(C3CC3)c3c(CC(=O)c4cnc5cc(OCCN6CC[N+](C)([O-])CC6)ccn45)cccc32)n1. The number of quaternary nitrogens is 1. The summed E-state index contributed by atoms with van der Waals surface area (Å²) < 4.78 is 9.71. The van der Waals surface area contributed by atoms with Crippen molar-refractivity contribution in [3.05, 3.63) is 94.5 Å². The first-order valence-corrected chi connectivity index (χ1v) is 15.1. The summed E-state index contributed by atoms with van der Waals surface area (Å²) in [5, 5.41) is 18.2. The first kappa shape index (κ1) is 27.7. The lowest BCUT2D eigenvalue weighted by molar-refractivity contribution is -0.865. The van der Waals surface area contributed by atoms with Gasteiger partial charge in [0.05, 0.1) is 49.8 Å². The van der Waals surface area contributed by atoms with Crippen LogP contribution in [0.5, 0.6) is 5.75 Å². The molecule has 0 atom stereocenters. The van der Waals surface area contributed by atoms with Gasteiger partial charge in [0.25, 0.3) is 0 Å². The number of Topliss-reactive ketones (excluding diaryl/α,β-unsaturated/α-hetero) is 1. The fraction of sp³-hybridized carbons (Fsp3) is 0.394. The van der Waals surface area contributed by atoms with E-state index in [0.717, 1.165) is 66.0 Å². The van der Waals surface area contributed by atoms with Gasteiger partial charge >= 0.3 is 0 Å². The number of carbonyl (C=O) groups excluding carboxylic acids is 1. The van der Waals surface area contributed by atoms with Crippen molar-refractivity contribution in [1.29, 1.82) is 0 Å². The van der Waals surface area contributed by atoms with Gasteiger partial charge < -0.3 is 14.6 Å². The van der Waals surface area contributed by atoms with Gasteiger partial charge in [-0.25, -0.2) is 4.98 Å². The summed E-state index contributed by atoms with van der Waals surface area (Å²) in [6, 6.07) is 16.0. The lowest BCUT2D eigenvalue weighted by Gasteiger charge is -2.45. The van der Waals surface area contributed by atoms with Gasteiger partial charge in [-0.05, 0) is 49.6 Å². The van der Waals surface area contributed by atoms with Gasteiger partial charge in [-0.3, -0.25) is 23.8 Å². The van der Waals surface area contributed by atoms with E-state index in [1.54, 1.807) is 13.2 Å². The number of rotatable bonds is 10. The summed E-state index contributed by atoms with van der Waals surface area (Å²) in [5.41, 5.74) is 6.32. The van der Waals surface area contributed by atoms with Gasteiger partial charge in [0.1, 0.15) is 23.7 Å². The molecule has 1 saturated carbocycles. The zero-order valence-corrected chi connectivity index (χ0v) is 24.8. The quantitative estimate of drug-likeness (QED) is 0.138. The minimum atomic E-state index is -0.166. The number of imidazole rings is 1. The number of aryl methyl sites for hydroxylation is 1. The Labute approximate surface area is 250 Å². The van der Waals surface area contributed by atoms with E-state index in [0.29, 0.717) is 49.2 Å². The second-order valence-electron chi connectivity index (χ2n) is 12.2. The maximum atomic E-state index is 13.7. The van der Waals surface area contributed by atoms with Crippen molar-refractivity contribution in [3.8, 4) is 5.75 Å². The van der Waals surface area contributed by atoms with Gasteiger partial charge in [0.15, 0.2) is 5.78 Å². The normalized spacial score (nSPS) is 17.1. The number of hydrogen-bond acceptors (Lipinski definition) is 7. The molecule has 1 aliphatic heterocycles. The molecule has 1 saturated heterocycles. The Balaban J connectivity index is 1.07. The number of ketones is 1. The molecule has 0 amide bonds. The number of pyridine rings is 2. The molecule has 0 bridgehead atoms. The summed E-state index contributed by atoms with van der Waals surface area (Å²) in [7, 11) is 1.73. The number of likely N-dealkylation sites (N-methyl/N-ethyl adjacent to an activating group) is 1. The van der Waals surface area contributed by atoms with Crippen molar-refractivity contribution >= 4 is 22.3 Å². The minimum absolute atomic E-state index is 0.0115. The van der Waals surface area contributed by atoms with E-state index in [-0.39, 0.29) is 16.9 Å². The number of hydrogen-bond donors (Lipinski definition) is 0. The predicted octanol–water partition coefficient (Wildman–Crippen LogP) is 4.38. The molecule has 10 nitrogen and oxygen atoms in total. The van der Waals surface area contributed by atoms with Crippen molar-refractivity contribution in [3.63, 3.8) is 0 Å². The second kappa shape index (κ2) is 11.2. The van der Waals surface area contributed by atoms with Crippen molar-refractivity contribution < 1.29 is 14.2 Å². The van der Waals surface area contributed by atoms with E-state index in [1.165, 1.54) is 0 Å². The fourth-order valence-corrected chi connectivity index (χ4v) is 6.05. The Kier molecular flexibility index (Phi) is 7.20. The molecule has 43 heavy (non-hydrogen) atoms. The van der Waals surface area contributed by atoms with Crippen LogP contribution in [0.15, 0.2) is 60.9 Å². The number of fused-ring (bicyclic) bond motifs is 2. The Bertz CT molecular complexity index is 1790. The smallest absolute Gasteiger partial charge is 0.185 e. The van der Waals surface area contributed by atoms with E-state index in [1.807, 2.05) is 58.6 Å². The van der Waals surface area contributed by atoms with E-state index in [9.17, 15) is 10.0 Å². The predicted molar refractivity (Wildman–Crippen MR) is 164 cm³/mol. The number of benzene rings is 1. The van der Waals surface area contributed by atoms with Gasteiger partial charge in [-0.2, -0.15) is 5.10 Å². The number of hydroxylamine groups is 3. The van der Waals surface area contributed by atoms with Gasteiger partial charge in [-0.15, -0.1) is 0 Å². The molecule has 4 aromatic heterocycles. The summed E-state index contributed by atoms with van der Waals surface area (Å²) in [6.07, 6.45) is 6.04. The van der Waals surface area contributed by atoms with E-state index >= 15 is 0 Å². The van der Waals surface area contributed by atoms with Crippen LogP contribution in [0.2, 0.25) is 0 Å². The topological polar surface area (TPSA) is 101 Å². The standard InChI is InChI=1S/C33H37N7O3/c1-23-5-3-7-26(35-23)22-39-28-8-4-6-25(32(28)33(36-39)24-9-10-24)19-30(41)29-21-34-31-20-27(11-12-38(29)31)43-18-15-37-13-16-40(2,42)17-14-37/h3-8,11-12,20-21,24H,9-10,13-19,22H2,1-2H3. The Morgan fingerprint density at radius 3 is 2.72 bits per heavy atom. The highest BCUT2D eigenvalue weighted by molar-refractivity contribution is 5.99. The third kappa shape index (κ3) is 5.90. The molecule has 7 rings (SSSR count). The zero-order valence-electron chi connectivity index (χ0n) is 24.8. The largest absolute Gasteiger partial charge is 0.633 e. The zero-order chi connectivity index (χ0) is 29.6. The molecule has 2 aliphatic rings. The third-order valence-corrected chi connectivity index (χ3v) is 8.69. The molecule has 5 heterocycles. The molecular formula is C33H37N7O3. The minimum Gasteiger partial charge on any atom is -0.633 e. The van der Waals surface area contributed by atoms with Crippen LogP contribution in [-0.4, -0.2) is 85.9 Å². The highest BCUT2D eigenvalue weighted by atomic mass is 16.5. The van der Waals surface area contributed by atoms with E-state index in [2.05, 4.69) is 27.0 Å². The Morgan fingerprint density at radius 2 is 1.93 bits per heavy atom. The van der Waals surface area contributed by atoms with Crippen LogP contribution >= 0.6 is 0 Å². The highest BCUT2D eigenvalue weighted by Crippen LogP contribution is 2.43. The molecule has 222 valence electrons. The number of carbonyl (C=O) groups is 1. The molecule has 0 N–H and O–H groups in total. The molecule has 1 aliphatic carbocycles. The van der Waals surface area contributed by atoms with Crippen LogP contribution < -0.4 is 4.74 Å².